The van der Waals surface area contributed by atoms with Crippen molar-refractivity contribution in [1.29, 1.82) is 0 Å². The van der Waals surface area contributed by atoms with Crippen LogP contribution in [0.4, 0.5) is 5.82 Å². The highest BCUT2D eigenvalue weighted by Gasteiger charge is 2.21. The molecule has 0 spiro atoms. The van der Waals surface area contributed by atoms with Gasteiger partial charge in [0.25, 0.3) is 0 Å². The smallest absolute Gasteiger partial charge is 0.144 e. The highest BCUT2D eigenvalue weighted by atomic mass is 16.3. The number of anilines is 1. The van der Waals surface area contributed by atoms with Crippen LogP contribution >= 0.6 is 0 Å². The summed E-state index contributed by atoms with van der Waals surface area (Å²) in [5.74, 6) is 0.787. The molecule has 1 fully saturated rings. The molecule has 106 valence electrons. The summed E-state index contributed by atoms with van der Waals surface area (Å²) in [5, 5.41) is 12.2. The highest BCUT2D eigenvalue weighted by molar-refractivity contribution is 5.29. The van der Waals surface area contributed by atoms with E-state index in [-0.39, 0.29) is 6.61 Å². The van der Waals surface area contributed by atoms with Gasteiger partial charge in [-0.1, -0.05) is 19.3 Å². The zero-order chi connectivity index (χ0) is 13.5. The van der Waals surface area contributed by atoms with E-state index in [1.165, 1.54) is 32.1 Å². The molecule has 0 bridgehead atoms. The maximum Gasteiger partial charge on any atom is 0.144 e. The van der Waals surface area contributed by atoms with Crippen LogP contribution in [0, 0.1) is 0 Å². The van der Waals surface area contributed by atoms with Crippen molar-refractivity contribution >= 4 is 5.82 Å². The van der Waals surface area contributed by atoms with Crippen molar-refractivity contribution in [2.45, 2.75) is 44.7 Å². The zero-order valence-electron chi connectivity index (χ0n) is 11.7. The van der Waals surface area contributed by atoms with Gasteiger partial charge in [0, 0.05) is 26.2 Å². The zero-order valence-corrected chi connectivity index (χ0v) is 11.7. The van der Waals surface area contributed by atoms with Crippen molar-refractivity contribution in [3.05, 3.63) is 18.1 Å². The first kappa shape index (κ1) is 14.2. The van der Waals surface area contributed by atoms with Gasteiger partial charge in [-0.2, -0.15) is 0 Å². The average molecular weight is 264 g/mol. The molecule has 1 heterocycles. The molecule has 1 aromatic rings. The number of aromatic nitrogens is 2. The van der Waals surface area contributed by atoms with Crippen LogP contribution in [0.3, 0.4) is 0 Å². The Bertz CT molecular complexity index is 362. The monoisotopic (exact) mass is 264 g/mol. The summed E-state index contributed by atoms with van der Waals surface area (Å²) in [7, 11) is 1.84. The third-order valence-corrected chi connectivity index (χ3v) is 3.80. The molecule has 0 saturated heterocycles. The molecule has 0 atom stereocenters. The molecular weight excluding hydrogens is 240 g/mol. The van der Waals surface area contributed by atoms with E-state index in [0.29, 0.717) is 6.04 Å². The second kappa shape index (κ2) is 7.40. The van der Waals surface area contributed by atoms with Gasteiger partial charge in [-0.3, -0.25) is 9.88 Å². The molecule has 0 aliphatic heterocycles. The minimum atomic E-state index is 0.207. The molecule has 1 saturated carbocycles. The van der Waals surface area contributed by atoms with Crippen LogP contribution in [0.25, 0.3) is 0 Å². The maximum absolute atomic E-state index is 9.24. The molecule has 5 heteroatoms. The van der Waals surface area contributed by atoms with Gasteiger partial charge in [0.15, 0.2) is 0 Å². The number of nitrogens with zero attached hydrogens (tertiary/aromatic N) is 3. The fourth-order valence-corrected chi connectivity index (χ4v) is 2.74. The molecule has 0 unspecified atom stereocenters. The largest absolute Gasteiger partial charge is 0.395 e. The first-order valence-electron chi connectivity index (χ1n) is 7.17. The summed E-state index contributed by atoms with van der Waals surface area (Å²) < 4.78 is 0. The first-order valence-corrected chi connectivity index (χ1v) is 7.17. The highest BCUT2D eigenvalue weighted by Crippen LogP contribution is 2.23. The Morgan fingerprint density at radius 1 is 1.26 bits per heavy atom. The lowest BCUT2D eigenvalue weighted by molar-refractivity contribution is 0.116. The lowest BCUT2D eigenvalue weighted by Crippen LogP contribution is -2.38. The van der Waals surface area contributed by atoms with Crippen LogP contribution in [0.1, 0.15) is 37.8 Å². The van der Waals surface area contributed by atoms with Gasteiger partial charge in [0.2, 0.25) is 0 Å². The van der Waals surface area contributed by atoms with E-state index in [2.05, 4.69) is 20.2 Å². The summed E-state index contributed by atoms with van der Waals surface area (Å²) in [6, 6.07) is 0.590. The predicted octanol–water partition coefficient (Wildman–Crippen LogP) is 1.65. The lowest BCUT2D eigenvalue weighted by atomic mass is 9.94. The number of aliphatic hydroxyl groups is 1. The normalized spacial score (nSPS) is 16.8. The van der Waals surface area contributed by atoms with Crippen LogP contribution in [0.5, 0.6) is 0 Å². The number of aliphatic hydroxyl groups excluding tert-OH is 1. The second-order valence-corrected chi connectivity index (χ2v) is 5.13. The molecule has 1 aliphatic carbocycles. The van der Waals surface area contributed by atoms with E-state index >= 15 is 0 Å². The Morgan fingerprint density at radius 3 is 2.63 bits per heavy atom. The van der Waals surface area contributed by atoms with Crippen LogP contribution in [-0.4, -0.2) is 46.2 Å². The topological polar surface area (TPSA) is 61.3 Å². The van der Waals surface area contributed by atoms with Gasteiger partial charge < -0.3 is 10.4 Å². The maximum atomic E-state index is 9.24. The molecule has 0 amide bonds. The van der Waals surface area contributed by atoms with Gasteiger partial charge in [-0.05, 0) is 12.8 Å². The molecule has 2 N–H and O–H groups in total. The summed E-state index contributed by atoms with van der Waals surface area (Å²) in [5.41, 5.74) is 0.970. The molecule has 1 aromatic heterocycles. The minimum absolute atomic E-state index is 0.207. The van der Waals surface area contributed by atoms with Crippen molar-refractivity contribution < 1.29 is 5.11 Å². The van der Waals surface area contributed by atoms with E-state index in [1.54, 1.807) is 6.20 Å². The number of rotatable bonds is 6. The molecule has 0 aromatic carbocycles. The average Bonchev–Trinajstić information content (AvgIpc) is 2.48. The van der Waals surface area contributed by atoms with Gasteiger partial charge in [0.05, 0.1) is 24.7 Å². The molecule has 0 radical (unpaired) electrons. The van der Waals surface area contributed by atoms with E-state index in [1.807, 2.05) is 13.2 Å². The quantitative estimate of drug-likeness (QED) is 0.818. The first-order chi connectivity index (χ1) is 9.33. The summed E-state index contributed by atoms with van der Waals surface area (Å²) in [4.78, 5) is 11.1. The summed E-state index contributed by atoms with van der Waals surface area (Å²) in [6.07, 6.45) is 10.0. The van der Waals surface area contributed by atoms with Gasteiger partial charge in [-0.15, -0.1) is 0 Å². The molecule has 1 aliphatic rings. The molecule has 2 rings (SSSR count). The fourth-order valence-electron chi connectivity index (χ4n) is 2.74. The fraction of sp³-hybridized carbons (Fsp3) is 0.714. The number of hydrogen-bond acceptors (Lipinski definition) is 5. The molecule has 5 nitrogen and oxygen atoms in total. The van der Waals surface area contributed by atoms with E-state index < -0.39 is 0 Å². The summed E-state index contributed by atoms with van der Waals surface area (Å²) in [6.45, 7) is 1.71. The van der Waals surface area contributed by atoms with E-state index in [4.69, 9.17) is 0 Å². The predicted molar refractivity (Wildman–Crippen MR) is 75.9 cm³/mol. The van der Waals surface area contributed by atoms with Crippen molar-refractivity contribution in [1.82, 2.24) is 14.9 Å². The molecular formula is C14H24N4O. The van der Waals surface area contributed by atoms with Crippen molar-refractivity contribution in [3.8, 4) is 0 Å². The lowest BCUT2D eigenvalue weighted by Gasteiger charge is -2.33. The SMILES string of the molecule is CNc1cnc(CN(CCO)C2CCCCC2)cn1. The Kier molecular flexibility index (Phi) is 5.54. The van der Waals surface area contributed by atoms with E-state index in [0.717, 1.165) is 24.6 Å². The van der Waals surface area contributed by atoms with Crippen molar-refractivity contribution in [3.63, 3.8) is 0 Å². The Morgan fingerprint density at radius 2 is 2.05 bits per heavy atom. The third-order valence-electron chi connectivity index (χ3n) is 3.80. The van der Waals surface area contributed by atoms with E-state index in [9.17, 15) is 5.11 Å². The minimum Gasteiger partial charge on any atom is -0.395 e. The van der Waals surface area contributed by atoms with Crippen LogP contribution in [0.2, 0.25) is 0 Å². The van der Waals surface area contributed by atoms with Crippen LogP contribution in [0.15, 0.2) is 12.4 Å². The van der Waals surface area contributed by atoms with Gasteiger partial charge in [-0.25, -0.2) is 4.98 Å². The number of nitrogens with one attached hydrogen (secondary N) is 1. The Balaban J connectivity index is 1.97. The van der Waals surface area contributed by atoms with Gasteiger partial charge >= 0.3 is 0 Å². The Hall–Kier alpha value is -1.20. The summed E-state index contributed by atoms with van der Waals surface area (Å²) >= 11 is 0. The van der Waals surface area contributed by atoms with Gasteiger partial charge in [0.1, 0.15) is 5.82 Å². The Labute approximate surface area is 115 Å². The second-order valence-electron chi connectivity index (χ2n) is 5.13. The third kappa shape index (κ3) is 4.14. The number of hydrogen-bond donors (Lipinski definition) is 2. The van der Waals surface area contributed by atoms with Crippen LogP contribution < -0.4 is 5.32 Å². The van der Waals surface area contributed by atoms with Crippen LogP contribution in [-0.2, 0) is 6.54 Å². The van der Waals surface area contributed by atoms with Crippen molar-refractivity contribution in [2.24, 2.45) is 0 Å². The standard InChI is InChI=1S/C14H24N4O/c1-15-14-10-16-12(9-17-14)11-18(7-8-19)13-5-3-2-4-6-13/h9-10,13,19H,2-8,11H2,1H3,(H,15,17). The van der Waals surface area contributed by atoms with Crippen molar-refractivity contribution in [2.75, 3.05) is 25.5 Å². The molecule has 19 heavy (non-hydrogen) atoms.